The molecule has 8 heteroatoms. The molecule has 19 heavy (non-hydrogen) atoms. The van der Waals surface area contributed by atoms with Gasteiger partial charge >= 0.3 is 12.4 Å². The maximum atomic E-state index is 13.3. The van der Waals surface area contributed by atoms with Crippen LogP contribution < -0.4 is 5.32 Å². The molecule has 108 valence electrons. The number of halogens is 7. The number of hydrogen-bond acceptors (Lipinski definition) is 1. The zero-order valence-electron chi connectivity index (χ0n) is 9.50. The molecule has 0 saturated heterocycles. The minimum atomic E-state index is -4.66. The molecule has 0 spiro atoms. The third kappa shape index (κ3) is 5.35. The van der Waals surface area contributed by atoms with E-state index in [1.54, 1.807) is 0 Å². The zero-order valence-corrected chi connectivity index (χ0v) is 9.50. The fourth-order valence-corrected chi connectivity index (χ4v) is 1.35. The van der Waals surface area contributed by atoms with Gasteiger partial charge in [-0.3, -0.25) is 0 Å². The quantitative estimate of drug-likeness (QED) is 0.631. The Labute approximate surface area is 104 Å². The average molecular weight is 289 g/mol. The summed E-state index contributed by atoms with van der Waals surface area (Å²) < 4.78 is 85.4. The summed E-state index contributed by atoms with van der Waals surface area (Å²) in [6, 6.07) is 1.81. The first kappa shape index (κ1) is 15.6. The van der Waals surface area contributed by atoms with Crippen LogP contribution >= 0.6 is 0 Å². The number of nitrogens with one attached hydrogen (secondary N) is 1. The number of anilines is 1. The minimum Gasteiger partial charge on any atom is -0.383 e. The molecule has 1 rings (SSSR count). The molecule has 0 aliphatic heterocycles. The highest BCUT2D eigenvalue weighted by molar-refractivity contribution is 5.46. The third-order valence-corrected chi connectivity index (χ3v) is 2.25. The van der Waals surface area contributed by atoms with Gasteiger partial charge in [-0.05, 0) is 24.6 Å². The summed E-state index contributed by atoms with van der Waals surface area (Å²) in [5.41, 5.74) is -1.40. The molecule has 1 aromatic carbocycles. The van der Waals surface area contributed by atoms with E-state index in [0.717, 1.165) is 6.07 Å². The number of rotatable bonds is 4. The lowest BCUT2D eigenvalue weighted by Crippen LogP contribution is -2.12. The van der Waals surface area contributed by atoms with E-state index < -0.39 is 30.2 Å². The molecule has 0 amide bonds. The largest absolute Gasteiger partial charge is 0.416 e. The van der Waals surface area contributed by atoms with Gasteiger partial charge in [0, 0.05) is 13.0 Å². The topological polar surface area (TPSA) is 12.0 Å². The monoisotopic (exact) mass is 289 g/mol. The first-order chi connectivity index (χ1) is 8.59. The van der Waals surface area contributed by atoms with Crippen LogP contribution in [0.15, 0.2) is 18.2 Å². The predicted molar refractivity (Wildman–Crippen MR) is 55.2 cm³/mol. The van der Waals surface area contributed by atoms with Crippen molar-refractivity contribution in [1.82, 2.24) is 0 Å². The van der Waals surface area contributed by atoms with Crippen molar-refractivity contribution in [2.45, 2.75) is 25.2 Å². The van der Waals surface area contributed by atoms with E-state index in [0.29, 0.717) is 12.1 Å². The van der Waals surface area contributed by atoms with E-state index in [-0.39, 0.29) is 18.7 Å². The van der Waals surface area contributed by atoms with E-state index in [1.807, 2.05) is 0 Å². The molecule has 0 unspecified atom stereocenters. The summed E-state index contributed by atoms with van der Waals surface area (Å²) >= 11 is 0. The fraction of sp³-hybridized carbons (Fsp3) is 0.455. The fourth-order valence-electron chi connectivity index (χ4n) is 1.35. The molecule has 0 aliphatic carbocycles. The molecule has 0 atom stereocenters. The smallest absolute Gasteiger partial charge is 0.383 e. The Morgan fingerprint density at radius 3 is 2.11 bits per heavy atom. The molecular formula is C11H10F7N. The SMILES string of the molecule is Fc1cc(C(F)(F)F)ccc1NCCCC(F)(F)F. The summed E-state index contributed by atoms with van der Waals surface area (Å²) in [7, 11) is 0. The van der Waals surface area contributed by atoms with Gasteiger partial charge in [0.15, 0.2) is 0 Å². The van der Waals surface area contributed by atoms with Gasteiger partial charge in [0.2, 0.25) is 0 Å². The van der Waals surface area contributed by atoms with Crippen molar-refractivity contribution < 1.29 is 30.7 Å². The van der Waals surface area contributed by atoms with Crippen molar-refractivity contribution in [1.29, 1.82) is 0 Å². The Morgan fingerprint density at radius 1 is 1.00 bits per heavy atom. The van der Waals surface area contributed by atoms with Crippen molar-refractivity contribution in [3.63, 3.8) is 0 Å². The van der Waals surface area contributed by atoms with Crippen LogP contribution in [-0.4, -0.2) is 12.7 Å². The summed E-state index contributed by atoms with van der Waals surface area (Å²) in [6.07, 6.45) is -10.3. The van der Waals surface area contributed by atoms with Gasteiger partial charge in [-0.2, -0.15) is 26.3 Å². The van der Waals surface area contributed by atoms with E-state index >= 15 is 0 Å². The van der Waals surface area contributed by atoms with Crippen LogP contribution in [-0.2, 0) is 6.18 Å². The number of alkyl halides is 6. The molecule has 0 aromatic heterocycles. The maximum absolute atomic E-state index is 13.3. The van der Waals surface area contributed by atoms with Crippen LogP contribution in [0.5, 0.6) is 0 Å². The van der Waals surface area contributed by atoms with E-state index in [2.05, 4.69) is 5.32 Å². The highest BCUT2D eigenvalue weighted by atomic mass is 19.4. The van der Waals surface area contributed by atoms with Gasteiger partial charge < -0.3 is 5.32 Å². The molecule has 1 aromatic rings. The second kappa shape index (κ2) is 5.66. The molecular weight excluding hydrogens is 279 g/mol. The zero-order chi connectivity index (χ0) is 14.7. The molecule has 0 bridgehead atoms. The first-order valence-electron chi connectivity index (χ1n) is 5.27. The van der Waals surface area contributed by atoms with Gasteiger partial charge in [-0.25, -0.2) is 4.39 Å². The first-order valence-corrected chi connectivity index (χ1v) is 5.27. The van der Waals surface area contributed by atoms with E-state index in [9.17, 15) is 30.7 Å². The lowest BCUT2D eigenvalue weighted by atomic mass is 10.2. The predicted octanol–water partition coefficient (Wildman–Crippen LogP) is 4.60. The van der Waals surface area contributed by atoms with Crippen molar-refractivity contribution in [2.75, 3.05) is 11.9 Å². The van der Waals surface area contributed by atoms with Crippen molar-refractivity contribution >= 4 is 5.69 Å². The highest BCUT2D eigenvalue weighted by Crippen LogP contribution is 2.31. The van der Waals surface area contributed by atoms with Crippen LogP contribution in [0.2, 0.25) is 0 Å². The average Bonchev–Trinajstić information content (AvgIpc) is 2.23. The number of benzene rings is 1. The Morgan fingerprint density at radius 2 is 1.63 bits per heavy atom. The maximum Gasteiger partial charge on any atom is 0.416 e. The Bertz CT molecular complexity index is 422. The lowest BCUT2D eigenvalue weighted by Gasteiger charge is -2.11. The van der Waals surface area contributed by atoms with Gasteiger partial charge in [0.25, 0.3) is 0 Å². The van der Waals surface area contributed by atoms with E-state index in [4.69, 9.17) is 0 Å². The summed E-state index contributed by atoms with van der Waals surface area (Å²) in [4.78, 5) is 0. The van der Waals surface area contributed by atoms with E-state index in [1.165, 1.54) is 0 Å². The molecule has 0 fully saturated rings. The van der Waals surface area contributed by atoms with Gasteiger partial charge in [0.05, 0.1) is 11.3 Å². The van der Waals surface area contributed by atoms with Crippen LogP contribution in [0, 0.1) is 5.82 Å². The van der Waals surface area contributed by atoms with Crippen LogP contribution in [0.25, 0.3) is 0 Å². The Kier molecular flexibility index (Phi) is 4.65. The van der Waals surface area contributed by atoms with Crippen LogP contribution in [0.1, 0.15) is 18.4 Å². The Balaban J connectivity index is 2.57. The van der Waals surface area contributed by atoms with Gasteiger partial charge in [0.1, 0.15) is 5.82 Å². The molecule has 0 heterocycles. The summed E-state index contributed by atoms with van der Waals surface area (Å²) in [5, 5.41) is 2.32. The molecule has 0 radical (unpaired) electrons. The summed E-state index contributed by atoms with van der Waals surface area (Å²) in [6.45, 7) is -0.179. The normalized spacial score (nSPS) is 12.6. The second-order valence-corrected chi connectivity index (χ2v) is 3.84. The highest BCUT2D eigenvalue weighted by Gasteiger charge is 2.31. The van der Waals surface area contributed by atoms with Gasteiger partial charge in [-0.15, -0.1) is 0 Å². The van der Waals surface area contributed by atoms with Crippen molar-refractivity contribution in [3.05, 3.63) is 29.6 Å². The molecule has 0 aliphatic rings. The van der Waals surface area contributed by atoms with Crippen LogP contribution in [0.3, 0.4) is 0 Å². The molecule has 1 N–H and O–H groups in total. The molecule has 1 nitrogen and oxygen atoms in total. The van der Waals surface area contributed by atoms with Gasteiger partial charge in [-0.1, -0.05) is 0 Å². The lowest BCUT2D eigenvalue weighted by molar-refractivity contribution is -0.138. The third-order valence-electron chi connectivity index (χ3n) is 2.25. The Hall–Kier alpha value is -1.47. The molecule has 0 saturated carbocycles. The van der Waals surface area contributed by atoms with Crippen molar-refractivity contribution in [2.24, 2.45) is 0 Å². The standard InChI is InChI=1S/C11H10F7N/c12-8-6-7(11(16,17)18)2-3-9(8)19-5-1-4-10(13,14)15/h2-3,6,19H,1,4-5H2. The van der Waals surface area contributed by atoms with Crippen LogP contribution in [0.4, 0.5) is 36.4 Å². The second-order valence-electron chi connectivity index (χ2n) is 3.84. The summed E-state index contributed by atoms with van der Waals surface area (Å²) in [5.74, 6) is -1.15. The van der Waals surface area contributed by atoms with Crippen molar-refractivity contribution in [3.8, 4) is 0 Å². The minimum absolute atomic E-state index is 0.179. The number of hydrogen-bond donors (Lipinski definition) is 1.